The van der Waals surface area contributed by atoms with Crippen molar-refractivity contribution in [1.82, 2.24) is 25.3 Å². The first-order valence-corrected chi connectivity index (χ1v) is 17.8. The Kier molecular flexibility index (Phi) is 11.5. The maximum Gasteiger partial charge on any atom is 0.547 e. The summed E-state index contributed by atoms with van der Waals surface area (Å²) in [6, 6.07) is 2.13. The van der Waals surface area contributed by atoms with Crippen LogP contribution < -0.4 is 20.6 Å². The van der Waals surface area contributed by atoms with E-state index < -0.39 is 106 Å². The second-order valence-corrected chi connectivity index (χ2v) is 13.9. The van der Waals surface area contributed by atoms with Crippen LogP contribution in [0.1, 0.15) is 40.4 Å². The minimum atomic E-state index is -2.08. The lowest BCUT2D eigenvalue weighted by atomic mass is 9.72. The smallest absolute Gasteiger partial charge is 0.534 e. The molecule has 0 aliphatic carbocycles. The Morgan fingerprint density at radius 3 is 2.28 bits per heavy atom. The molecule has 2 saturated heterocycles. The zero-order valence-electron chi connectivity index (χ0n) is 29.2. The number of carbonyl (C=O) groups is 6. The topological polar surface area (TPSA) is 259 Å². The number of hydrogen-bond acceptors (Lipinski definition) is 11. The standard InChI is InChI=1S/C34H31BCl2F2N6O12/c36-18-3-2-16(46)12-21(18)40-33(54)43-7-5-15(6-8-43)44-9-10-45(31(51)30(44)50)34(55)42-25(17-13-20(39)26(47)27(48)24(17)37)29(49)41-22-11-14-1-4-19(38)23(32(52)53)28(14)57-35(22)56/h1-4,12-13,15,22,25,46-48,56H,5-11H2,(H,40,54)(H,41,49)(H,42,55)(H,52,53)/t22-,25?/m0/s1. The second-order valence-electron chi connectivity index (χ2n) is 13.2. The van der Waals surface area contributed by atoms with E-state index in [1.165, 1.54) is 28.0 Å². The first kappa shape index (κ1) is 40.6. The van der Waals surface area contributed by atoms with Crippen molar-refractivity contribution in [2.24, 2.45) is 0 Å². The van der Waals surface area contributed by atoms with Crippen molar-refractivity contribution < 1.29 is 67.7 Å². The summed E-state index contributed by atoms with van der Waals surface area (Å²) in [5.74, 6) is -12.4. The Balaban J connectivity index is 1.14. The average molecular weight is 835 g/mol. The maximum atomic E-state index is 14.7. The number of aromatic carboxylic acids is 1. The van der Waals surface area contributed by atoms with Gasteiger partial charge >= 0.3 is 37.0 Å². The van der Waals surface area contributed by atoms with E-state index in [0.717, 1.165) is 12.1 Å². The third-order valence-corrected chi connectivity index (χ3v) is 10.4. The largest absolute Gasteiger partial charge is 0.547 e. The summed E-state index contributed by atoms with van der Waals surface area (Å²) in [7, 11) is -1.98. The molecule has 2 fully saturated rings. The number of amides is 7. The molecule has 3 aromatic rings. The fourth-order valence-electron chi connectivity index (χ4n) is 6.72. The fourth-order valence-corrected chi connectivity index (χ4v) is 7.14. The quantitative estimate of drug-likeness (QED) is 0.0970. The lowest BCUT2D eigenvalue weighted by Crippen LogP contribution is -2.62. The molecular formula is C34H31BCl2F2N6O12. The van der Waals surface area contributed by atoms with E-state index in [4.69, 9.17) is 27.9 Å². The predicted molar refractivity (Wildman–Crippen MR) is 194 cm³/mol. The van der Waals surface area contributed by atoms with E-state index in [2.05, 4.69) is 16.0 Å². The van der Waals surface area contributed by atoms with Crippen LogP contribution in [-0.2, 0) is 20.8 Å². The number of hydrogen-bond donors (Lipinski definition) is 8. The monoisotopic (exact) mass is 834 g/mol. The van der Waals surface area contributed by atoms with Crippen LogP contribution in [-0.4, -0.2) is 121 Å². The molecule has 8 N–H and O–H groups in total. The Bertz CT molecular complexity index is 2200. The van der Waals surface area contributed by atoms with Crippen LogP contribution in [0.3, 0.4) is 0 Å². The van der Waals surface area contributed by atoms with Crippen LogP contribution in [0, 0.1) is 11.6 Å². The van der Waals surface area contributed by atoms with Gasteiger partial charge in [0.1, 0.15) is 28.9 Å². The summed E-state index contributed by atoms with van der Waals surface area (Å²) < 4.78 is 34.2. The van der Waals surface area contributed by atoms with Crippen LogP contribution in [0.25, 0.3) is 0 Å². The Labute approximate surface area is 330 Å². The summed E-state index contributed by atoms with van der Waals surface area (Å²) in [4.78, 5) is 81.7. The van der Waals surface area contributed by atoms with Gasteiger partial charge in [-0.05, 0) is 49.1 Å². The number of rotatable bonds is 7. The predicted octanol–water partition coefficient (Wildman–Crippen LogP) is 2.34. The number of phenolic OH excluding ortho intramolecular Hbond substituents is 3. The molecule has 6 rings (SSSR count). The summed E-state index contributed by atoms with van der Waals surface area (Å²) in [5.41, 5.74) is -1.25. The van der Waals surface area contributed by atoms with Crippen molar-refractivity contribution in [3.8, 4) is 23.0 Å². The van der Waals surface area contributed by atoms with Crippen molar-refractivity contribution in [1.29, 1.82) is 0 Å². The highest BCUT2D eigenvalue weighted by Crippen LogP contribution is 2.41. The van der Waals surface area contributed by atoms with Crippen LogP contribution in [0.4, 0.5) is 24.1 Å². The van der Waals surface area contributed by atoms with Crippen molar-refractivity contribution >= 4 is 71.8 Å². The zero-order valence-corrected chi connectivity index (χ0v) is 30.7. The minimum Gasteiger partial charge on any atom is -0.534 e. The number of urea groups is 2. The van der Waals surface area contributed by atoms with Crippen molar-refractivity contribution in [2.75, 3.05) is 31.5 Å². The van der Waals surface area contributed by atoms with Crippen molar-refractivity contribution in [3.63, 3.8) is 0 Å². The van der Waals surface area contributed by atoms with Gasteiger partial charge in [0.25, 0.3) is 0 Å². The number of piperidine rings is 1. The van der Waals surface area contributed by atoms with Gasteiger partial charge in [-0.1, -0.05) is 29.3 Å². The van der Waals surface area contributed by atoms with E-state index in [0.29, 0.717) is 11.0 Å². The normalized spacial score (nSPS) is 17.7. The molecule has 3 heterocycles. The number of likely N-dealkylation sites (tertiary alicyclic amines) is 1. The van der Waals surface area contributed by atoms with Gasteiger partial charge in [0.2, 0.25) is 5.91 Å². The average Bonchev–Trinajstić information content (AvgIpc) is 3.17. The summed E-state index contributed by atoms with van der Waals surface area (Å²) in [5, 5.41) is 56.5. The number of anilines is 1. The van der Waals surface area contributed by atoms with Gasteiger partial charge in [-0.2, -0.15) is 0 Å². The number of benzene rings is 3. The van der Waals surface area contributed by atoms with Crippen LogP contribution in [0.5, 0.6) is 23.0 Å². The summed E-state index contributed by atoms with van der Waals surface area (Å²) in [6.07, 6.45) is 0.185. The fraction of sp³-hybridized carbons (Fsp3) is 0.294. The molecule has 0 radical (unpaired) electrons. The number of piperazine rings is 1. The number of carboxylic acid groups (broad SMARTS) is 1. The van der Waals surface area contributed by atoms with E-state index in [1.54, 1.807) is 0 Å². The first-order valence-electron chi connectivity index (χ1n) is 17.0. The molecule has 300 valence electrons. The van der Waals surface area contributed by atoms with Gasteiger partial charge < -0.3 is 55.9 Å². The Hall–Kier alpha value is -6.06. The molecule has 18 nitrogen and oxygen atoms in total. The molecule has 0 spiro atoms. The molecule has 0 bridgehead atoms. The van der Waals surface area contributed by atoms with Crippen LogP contribution in [0.15, 0.2) is 36.4 Å². The lowest BCUT2D eigenvalue weighted by Gasteiger charge is -2.41. The molecule has 3 aromatic carbocycles. The number of nitrogens with zero attached hydrogens (tertiary/aromatic N) is 3. The number of phenols is 3. The van der Waals surface area contributed by atoms with Gasteiger partial charge in [-0.25, -0.2) is 23.2 Å². The van der Waals surface area contributed by atoms with Crippen LogP contribution >= 0.6 is 23.2 Å². The molecule has 2 atom stereocenters. The second kappa shape index (κ2) is 16.2. The third kappa shape index (κ3) is 8.11. The van der Waals surface area contributed by atoms with Gasteiger partial charge in [-0.15, -0.1) is 0 Å². The third-order valence-electron chi connectivity index (χ3n) is 9.67. The number of imide groups is 1. The number of halogens is 4. The number of carbonyl (C=O) groups excluding carboxylic acids is 5. The molecule has 23 heteroatoms. The van der Waals surface area contributed by atoms with Crippen LogP contribution in [0.2, 0.25) is 10.0 Å². The molecule has 57 heavy (non-hydrogen) atoms. The summed E-state index contributed by atoms with van der Waals surface area (Å²) in [6.45, 7) is -0.179. The molecular weight excluding hydrogens is 804 g/mol. The van der Waals surface area contributed by atoms with E-state index in [-0.39, 0.29) is 67.5 Å². The van der Waals surface area contributed by atoms with Gasteiger partial charge in [0.15, 0.2) is 17.3 Å². The summed E-state index contributed by atoms with van der Waals surface area (Å²) >= 11 is 12.3. The van der Waals surface area contributed by atoms with E-state index >= 15 is 0 Å². The van der Waals surface area contributed by atoms with Gasteiger partial charge in [0.05, 0.1) is 21.7 Å². The molecule has 0 saturated carbocycles. The highest BCUT2D eigenvalue weighted by atomic mass is 35.5. The highest BCUT2D eigenvalue weighted by molar-refractivity contribution is 6.47. The molecule has 3 aliphatic heterocycles. The number of carboxylic acids is 1. The highest BCUT2D eigenvalue weighted by Gasteiger charge is 2.44. The van der Waals surface area contributed by atoms with Crippen molar-refractivity contribution in [2.45, 2.75) is 37.3 Å². The molecule has 1 unspecified atom stereocenters. The number of fused-ring (bicyclic) bond motifs is 1. The maximum absolute atomic E-state index is 14.7. The molecule has 7 amide bonds. The van der Waals surface area contributed by atoms with Gasteiger partial charge in [0, 0.05) is 43.9 Å². The van der Waals surface area contributed by atoms with E-state index in [9.17, 15) is 63.0 Å². The molecule has 3 aliphatic rings. The zero-order chi connectivity index (χ0) is 41.5. The lowest BCUT2D eigenvalue weighted by molar-refractivity contribution is -0.156. The molecule has 0 aromatic heterocycles. The number of nitrogens with one attached hydrogen (secondary N) is 3. The Morgan fingerprint density at radius 1 is 0.895 bits per heavy atom. The first-order chi connectivity index (χ1) is 27.0. The number of aromatic hydroxyl groups is 3. The van der Waals surface area contributed by atoms with E-state index in [1.807, 2.05) is 0 Å². The van der Waals surface area contributed by atoms with Crippen molar-refractivity contribution in [3.05, 3.63) is 74.8 Å². The van der Waals surface area contributed by atoms with Gasteiger partial charge in [-0.3, -0.25) is 19.3 Å². The SMILES string of the molecule is O=C(O)c1c(F)ccc2c1OB(O)[C@@H](NC(=O)C(NC(=O)N1CCN(C3CCN(C(=O)Nc4cc(O)ccc4Cl)CC3)C(=O)C1=O)c1cc(F)c(O)c(O)c1Cl)C2. The Morgan fingerprint density at radius 2 is 1.60 bits per heavy atom. The minimum absolute atomic E-state index is 0.0607.